The summed E-state index contributed by atoms with van der Waals surface area (Å²) in [7, 11) is -2.47. The fraction of sp³-hybridized carbons (Fsp3) is 0.286. The number of furan rings is 1. The van der Waals surface area contributed by atoms with E-state index in [0.29, 0.717) is 11.8 Å². The van der Waals surface area contributed by atoms with Crippen molar-refractivity contribution in [2.75, 3.05) is 6.61 Å². The predicted molar refractivity (Wildman–Crippen MR) is 131 cm³/mol. The summed E-state index contributed by atoms with van der Waals surface area (Å²) in [5, 5.41) is 3.89. The smallest absolute Gasteiger partial charge is 0.261 e. The lowest BCUT2D eigenvalue weighted by Crippen LogP contribution is -2.66. The quantitative estimate of drug-likeness (QED) is 0.347. The van der Waals surface area contributed by atoms with Crippen LogP contribution in [0, 0.1) is 5.92 Å². The van der Waals surface area contributed by atoms with Crippen LogP contribution in [-0.4, -0.2) is 14.9 Å². The molecule has 1 heterocycles. The van der Waals surface area contributed by atoms with Crippen molar-refractivity contribution in [1.29, 1.82) is 0 Å². The second-order valence-corrected chi connectivity index (χ2v) is 14.1. The molecule has 0 bridgehead atoms. The standard InChI is InChI=1S/C28H30O2Si/c1-28(2,3)31(23-13-6-4-7-14-23,24-15-8-5-9-16-24)29-20-22-18-25(22)27-19-21-12-10-11-17-26(21)30-27/h4-17,19,22,25H,18,20H2,1-3H3/t22-,25+/m0/s1. The third-order valence-corrected chi connectivity index (χ3v) is 11.7. The van der Waals surface area contributed by atoms with Crippen molar-refractivity contribution < 1.29 is 8.84 Å². The van der Waals surface area contributed by atoms with Crippen molar-refractivity contribution in [2.45, 2.75) is 38.1 Å². The van der Waals surface area contributed by atoms with Gasteiger partial charge in [-0.15, -0.1) is 0 Å². The second-order valence-electron chi connectivity index (χ2n) is 9.76. The topological polar surface area (TPSA) is 22.4 Å². The fourth-order valence-electron chi connectivity index (χ4n) is 4.96. The number of hydrogen-bond donors (Lipinski definition) is 0. The Hall–Kier alpha value is -2.62. The van der Waals surface area contributed by atoms with Gasteiger partial charge < -0.3 is 8.84 Å². The van der Waals surface area contributed by atoms with E-state index in [1.54, 1.807) is 0 Å². The molecule has 5 rings (SSSR count). The highest BCUT2D eigenvalue weighted by Crippen LogP contribution is 2.50. The molecule has 2 atom stereocenters. The molecule has 0 radical (unpaired) electrons. The number of fused-ring (bicyclic) bond motifs is 1. The summed E-state index contributed by atoms with van der Waals surface area (Å²) in [6, 6.07) is 32.3. The van der Waals surface area contributed by atoms with Crippen LogP contribution in [0.25, 0.3) is 11.0 Å². The summed E-state index contributed by atoms with van der Waals surface area (Å²) < 4.78 is 13.3. The van der Waals surface area contributed by atoms with Gasteiger partial charge in [-0.05, 0) is 39.9 Å². The van der Waals surface area contributed by atoms with Gasteiger partial charge in [0.05, 0.1) is 0 Å². The Kier molecular flexibility index (Phi) is 5.11. The highest BCUT2D eigenvalue weighted by molar-refractivity contribution is 6.99. The molecule has 4 aromatic rings. The Morgan fingerprint density at radius 2 is 1.42 bits per heavy atom. The molecule has 2 nitrogen and oxygen atoms in total. The first-order valence-corrected chi connectivity index (χ1v) is 13.1. The van der Waals surface area contributed by atoms with Crippen LogP contribution in [0.3, 0.4) is 0 Å². The first-order chi connectivity index (χ1) is 15.0. The molecule has 1 fully saturated rings. The van der Waals surface area contributed by atoms with E-state index < -0.39 is 8.32 Å². The molecule has 1 aromatic heterocycles. The lowest BCUT2D eigenvalue weighted by Gasteiger charge is -2.43. The molecule has 0 amide bonds. The molecule has 3 heteroatoms. The highest BCUT2D eigenvalue weighted by Gasteiger charge is 2.52. The molecule has 158 valence electrons. The van der Waals surface area contributed by atoms with Crippen LogP contribution >= 0.6 is 0 Å². The predicted octanol–water partition coefficient (Wildman–Crippen LogP) is 6.11. The third kappa shape index (κ3) is 3.66. The van der Waals surface area contributed by atoms with Crippen molar-refractivity contribution >= 4 is 29.7 Å². The molecular formula is C28H30O2Si. The maximum atomic E-state index is 7.11. The van der Waals surface area contributed by atoms with E-state index in [2.05, 4.69) is 106 Å². The van der Waals surface area contributed by atoms with Crippen LogP contribution < -0.4 is 10.4 Å². The van der Waals surface area contributed by atoms with Crippen molar-refractivity contribution in [3.05, 3.63) is 96.8 Å². The normalized spacial score (nSPS) is 18.9. The highest BCUT2D eigenvalue weighted by atomic mass is 28.4. The van der Waals surface area contributed by atoms with Crippen molar-refractivity contribution in [3.8, 4) is 0 Å². The minimum absolute atomic E-state index is 0.0133. The van der Waals surface area contributed by atoms with Crippen LogP contribution in [0.2, 0.25) is 5.04 Å². The Labute approximate surface area is 186 Å². The number of para-hydroxylation sites is 1. The maximum Gasteiger partial charge on any atom is 0.261 e. The fourth-order valence-corrected chi connectivity index (χ4v) is 9.58. The van der Waals surface area contributed by atoms with Crippen LogP contribution in [0.4, 0.5) is 0 Å². The number of benzene rings is 3. The summed E-state index contributed by atoms with van der Waals surface area (Å²) in [5.41, 5.74) is 0.982. The van der Waals surface area contributed by atoms with Crippen molar-refractivity contribution in [3.63, 3.8) is 0 Å². The van der Waals surface area contributed by atoms with E-state index in [1.807, 2.05) is 6.07 Å². The van der Waals surface area contributed by atoms with Crippen LogP contribution in [0.5, 0.6) is 0 Å². The summed E-state index contributed by atoms with van der Waals surface area (Å²) in [4.78, 5) is 0. The zero-order valence-corrected chi connectivity index (χ0v) is 19.5. The van der Waals surface area contributed by atoms with Gasteiger partial charge >= 0.3 is 0 Å². The van der Waals surface area contributed by atoms with Crippen LogP contribution in [0.15, 0.2) is 95.4 Å². The second kappa shape index (κ2) is 7.81. The third-order valence-electron chi connectivity index (χ3n) is 6.66. The Morgan fingerprint density at radius 3 is 2.00 bits per heavy atom. The SMILES string of the molecule is CC(C)(C)[Si](OC[C@@H]1C[C@H]1c1cc2ccccc2o1)(c1ccccc1)c1ccccc1. The summed E-state index contributed by atoms with van der Waals surface area (Å²) in [6.45, 7) is 7.78. The van der Waals surface area contributed by atoms with Crippen molar-refractivity contribution in [2.24, 2.45) is 5.92 Å². The summed E-state index contributed by atoms with van der Waals surface area (Å²) in [6.07, 6.45) is 1.14. The molecular weight excluding hydrogens is 396 g/mol. The van der Waals surface area contributed by atoms with Crippen LogP contribution in [-0.2, 0) is 4.43 Å². The first kappa shape index (κ1) is 20.3. The number of rotatable bonds is 6. The van der Waals surface area contributed by atoms with Gasteiger partial charge in [-0.2, -0.15) is 0 Å². The van der Waals surface area contributed by atoms with E-state index in [0.717, 1.165) is 24.4 Å². The molecule has 0 spiro atoms. The maximum absolute atomic E-state index is 7.11. The molecule has 1 saturated carbocycles. The molecule has 0 N–H and O–H groups in total. The molecule has 0 unspecified atom stereocenters. The Morgan fingerprint density at radius 1 is 0.839 bits per heavy atom. The monoisotopic (exact) mass is 426 g/mol. The van der Waals surface area contributed by atoms with E-state index >= 15 is 0 Å². The van der Waals surface area contributed by atoms with E-state index in [9.17, 15) is 0 Å². The van der Waals surface area contributed by atoms with Crippen molar-refractivity contribution in [1.82, 2.24) is 0 Å². The van der Waals surface area contributed by atoms with Gasteiger partial charge in [-0.25, -0.2) is 0 Å². The summed E-state index contributed by atoms with van der Waals surface area (Å²) in [5.74, 6) is 2.09. The molecule has 1 aliphatic carbocycles. The van der Waals surface area contributed by atoms with Gasteiger partial charge in [-0.1, -0.05) is 99.6 Å². The minimum Gasteiger partial charge on any atom is -0.461 e. The van der Waals surface area contributed by atoms with Gasteiger partial charge in [-0.3, -0.25) is 0 Å². The molecule has 1 aliphatic rings. The van der Waals surface area contributed by atoms with Gasteiger partial charge in [0.25, 0.3) is 8.32 Å². The lowest BCUT2D eigenvalue weighted by molar-refractivity contribution is 0.277. The van der Waals surface area contributed by atoms with Gasteiger partial charge in [0.1, 0.15) is 11.3 Å². The molecule has 3 aromatic carbocycles. The zero-order chi connectivity index (χ0) is 21.5. The minimum atomic E-state index is -2.47. The Balaban J connectivity index is 1.44. The average Bonchev–Trinajstić information content (AvgIpc) is 3.43. The van der Waals surface area contributed by atoms with Gasteiger partial charge in [0.15, 0.2) is 0 Å². The van der Waals surface area contributed by atoms with Gasteiger partial charge in [0, 0.05) is 17.9 Å². The van der Waals surface area contributed by atoms with E-state index in [1.165, 1.54) is 15.8 Å². The van der Waals surface area contributed by atoms with Crippen LogP contribution in [0.1, 0.15) is 38.9 Å². The van der Waals surface area contributed by atoms with E-state index in [-0.39, 0.29) is 5.04 Å². The molecule has 0 saturated heterocycles. The molecule has 0 aliphatic heterocycles. The van der Waals surface area contributed by atoms with Gasteiger partial charge in [0.2, 0.25) is 0 Å². The first-order valence-electron chi connectivity index (χ1n) is 11.2. The lowest BCUT2D eigenvalue weighted by atomic mass is 10.2. The largest absolute Gasteiger partial charge is 0.461 e. The van der Waals surface area contributed by atoms with E-state index in [4.69, 9.17) is 8.84 Å². The number of hydrogen-bond acceptors (Lipinski definition) is 2. The Bertz CT molecular complexity index is 1090. The summed E-state index contributed by atoms with van der Waals surface area (Å²) >= 11 is 0. The average molecular weight is 427 g/mol. The molecule has 31 heavy (non-hydrogen) atoms. The zero-order valence-electron chi connectivity index (χ0n) is 18.5.